The molecule has 1 rings (SSSR count). The van der Waals surface area contributed by atoms with Crippen molar-refractivity contribution in [2.75, 3.05) is 13.1 Å². The van der Waals surface area contributed by atoms with E-state index in [4.69, 9.17) is 6.42 Å². The van der Waals surface area contributed by atoms with Gasteiger partial charge in [0.15, 0.2) is 0 Å². The van der Waals surface area contributed by atoms with Crippen molar-refractivity contribution in [1.29, 1.82) is 0 Å². The molecule has 1 heterocycles. The van der Waals surface area contributed by atoms with Crippen LogP contribution in [0.5, 0.6) is 0 Å². The summed E-state index contributed by atoms with van der Waals surface area (Å²) in [7, 11) is 0. The number of carboxylic acid groups (broad SMARTS) is 1. The molecule has 2 amide bonds. The molecule has 0 aliphatic carbocycles. The molecule has 0 bridgehead atoms. The van der Waals surface area contributed by atoms with Crippen LogP contribution in [-0.2, 0) is 4.79 Å². The highest BCUT2D eigenvalue weighted by Gasteiger charge is 2.48. The first-order chi connectivity index (χ1) is 8.08. The largest absolute Gasteiger partial charge is 0.479 e. The van der Waals surface area contributed by atoms with Gasteiger partial charge in [-0.1, -0.05) is 6.92 Å². The second-order valence-electron chi connectivity index (χ2n) is 4.13. The maximum Gasteiger partial charge on any atom is 0.329 e. The number of aliphatic carboxylic acids is 1. The molecule has 1 fully saturated rings. The number of carbonyl (C=O) groups excluding carboxylic acids is 1. The molecule has 2 N–H and O–H groups in total. The lowest BCUT2D eigenvalue weighted by Gasteiger charge is -2.33. The summed E-state index contributed by atoms with van der Waals surface area (Å²) in [4.78, 5) is 24.6. The topological polar surface area (TPSA) is 69.6 Å². The molecule has 0 radical (unpaired) electrons. The van der Waals surface area contributed by atoms with Gasteiger partial charge in [0.2, 0.25) is 0 Å². The van der Waals surface area contributed by atoms with E-state index in [1.807, 2.05) is 0 Å². The molecular formula is C12H18N2O3. The first kappa shape index (κ1) is 13.4. The van der Waals surface area contributed by atoms with Crippen molar-refractivity contribution >= 4 is 12.0 Å². The number of rotatable bonds is 4. The molecule has 1 atom stereocenters. The summed E-state index contributed by atoms with van der Waals surface area (Å²) in [6.07, 6.45) is 7.20. The highest BCUT2D eigenvalue weighted by atomic mass is 16.4. The van der Waals surface area contributed by atoms with Crippen molar-refractivity contribution in [3.05, 3.63) is 0 Å². The van der Waals surface area contributed by atoms with E-state index in [9.17, 15) is 14.7 Å². The molecule has 1 unspecified atom stereocenters. The van der Waals surface area contributed by atoms with E-state index in [0.29, 0.717) is 32.4 Å². The fourth-order valence-corrected chi connectivity index (χ4v) is 2.25. The average molecular weight is 238 g/mol. The van der Waals surface area contributed by atoms with Gasteiger partial charge in [-0.25, -0.2) is 9.59 Å². The lowest BCUT2D eigenvalue weighted by molar-refractivity contribution is -0.148. The number of hydrogen-bond donors (Lipinski definition) is 2. The van der Waals surface area contributed by atoms with Crippen LogP contribution in [0, 0.1) is 12.3 Å². The summed E-state index contributed by atoms with van der Waals surface area (Å²) in [5.74, 6) is 1.50. The highest BCUT2D eigenvalue weighted by Crippen LogP contribution is 2.32. The van der Waals surface area contributed by atoms with Crippen LogP contribution < -0.4 is 5.32 Å². The summed E-state index contributed by atoms with van der Waals surface area (Å²) in [6, 6.07) is -0.331. The minimum atomic E-state index is -1.04. The molecular weight excluding hydrogens is 220 g/mol. The molecule has 0 aromatic carbocycles. The molecule has 1 saturated heterocycles. The lowest BCUT2D eigenvalue weighted by Crippen LogP contribution is -2.55. The van der Waals surface area contributed by atoms with E-state index in [0.717, 1.165) is 6.42 Å². The fourth-order valence-electron chi connectivity index (χ4n) is 2.25. The van der Waals surface area contributed by atoms with Gasteiger partial charge in [0.1, 0.15) is 5.54 Å². The van der Waals surface area contributed by atoms with Gasteiger partial charge in [0.25, 0.3) is 0 Å². The minimum Gasteiger partial charge on any atom is -0.479 e. The van der Waals surface area contributed by atoms with Crippen LogP contribution in [0.3, 0.4) is 0 Å². The third kappa shape index (κ3) is 2.52. The number of urea groups is 1. The predicted octanol–water partition coefficient (Wildman–Crippen LogP) is 1.05. The van der Waals surface area contributed by atoms with Crippen LogP contribution in [0.25, 0.3) is 0 Å². The van der Waals surface area contributed by atoms with Gasteiger partial charge in [-0.2, -0.15) is 0 Å². The molecule has 0 aromatic heterocycles. The Balaban J connectivity index is 2.71. The first-order valence-corrected chi connectivity index (χ1v) is 5.81. The van der Waals surface area contributed by atoms with E-state index in [-0.39, 0.29) is 6.03 Å². The van der Waals surface area contributed by atoms with Gasteiger partial charge in [0.05, 0.1) is 0 Å². The van der Waals surface area contributed by atoms with Crippen LogP contribution in [0.4, 0.5) is 4.79 Å². The smallest absolute Gasteiger partial charge is 0.329 e. The van der Waals surface area contributed by atoms with Gasteiger partial charge in [-0.15, -0.1) is 12.3 Å². The van der Waals surface area contributed by atoms with Crippen LogP contribution in [0.2, 0.25) is 0 Å². The summed E-state index contributed by atoms with van der Waals surface area (Å²) < 4.78 is 0. The quantitative estimate of drug-likeness (QED) is 0.568. The number of terminal acetylenes is 1. The van der Waals surface area contributed by atoms with Crippen LogP contribution in [0.15, 0.2) is 0 Å². The number of amides is 2. The lowest BCUT2D eigenvalue weighted by atomic mass is 9.93. The summed E-state index contributed by atoms with van der Waals surface area (Å²) in [6.45, 7) is 2.66. The zero-order chi connectivity index (χ0) is 12.9. The Morgan fingerprint density at radius 2 is 2.29 bits per heavy atom. The Morgan fingerprint density at radius 1 is 1.59 bits per heavy atom. The molecule has 0 spiro atoms. The van der Waals surface area contributed by atoms with Gasteiger partial charge >= 0.3 is 12.0 Å². The van der Waals surface area contributed by atoms with Gasteiger partial charge in [-0.3, -0.25) is 0 Å². The zero-order valence-corrected chi connectivity index (χ0v) is 10.0. The maximum atomic E-state index is 11.9. The third-order valence-corrected chi connectivity index (χ3v) is 3.26. The Kier molecular flexibility index (Phi) is 4.38. The Morgan fingerprint density at radius 3 is 2.82 bits per heavy atom. The molecule has 1 aliphatic heterocycles. The highest BCUT2D eigenvalue weighted by molar-refractivity contribution is 5.87. The number of nitrogens with one attached hydrogen (secondary N) is 1. The van der Waals surface area contributed by atoms with Crippen molar-refractivity contribution in [3.63, 3.8) is 0 Å². The van der Waals surface area contributed by atoms with E-state index < -0.39 is 11.5 Å². The molecule has 17 heavy (non-hydrogen) atoms. The number of likely N-dealkylation sites (tertiary alicyclic amines) is 1. The molecule has 5 heteroatoms. The van der Waals surface area contributed by atoms with Crippen molar-refractivity contribution in [3.8, 4) is 12.3 Å². The second-order valence-corrected chi connectivity index (χ2v) is 4.13. The Bertz CT molecular complexity index is 348. The third-order valence-electron chi connectivity index (χ3n) is 3.26. The van der Waals surface area contributed by atoms with Gasteiger partial charge < -0.3 is 15.3 Å². The van der Waals surface area contributed by atoms with E-state index in [1.54, 1.807) is 6.92 Å². The van der Waals surface area contributed by atoms with E-state index in [2.05, 4.69) is 11.2 Å². The zero-order valence-electron chi connectivity index (χ0n) is 10.0. The molecule has 5 nitrogen and oxygen atoms in total. The predicted molar refractivity (Wildman–Crippen MR) is 63.4 cm³/mol. The number of carboxylic acids is 1. The molecule has 94 valence electrons. The second kappa shape index (κ2) is 5.58. The van der Waals surface area contributed by atoms with Crippen molar-refractivity contribution < 1.29 is 14.7 Å². The number of nitrogens with zero attached hydrogens (tertiary/aromatic N) is 1. The minimum absolute atomic E-state index is 0.331. The van der Waals surface area contributed by atoms with E-state index >= 15 is 0 Å². The van der Waals surface area contributed by atoms with Crippen molar-refractivity contribution in [2.24, 2.45) is 0 Å². The number of hydrogen-bond acceptors (Lipinski definition) is 2. The monoisotopic (exact) mass is 238 g/mol. The SMILES string of the molecule is C#CCCNC(=O)N1CCCC1(CC)C(=O)O. The summed E-state index contributed by atoms with van der Waals surface area (Å²) in [5, 5.41) is 12.0. The number of carbonyl (C=O) groups is 2. The maximum absolute atomic E-state index is 11.9. The Labute approximate surface area is 101 Å². The van der Waals surface area contributed by atoms with Crippen molar-refractivity contribution in [2.45, 2.75) is 38.1 Å². The fraction of sp³-hybridized carbons (Fsp3) is 0.667. The van der Waals surface area contributed by atoms with Gasteiger partial charge in [0, 0.05) is 19.5 Å². The molecule has 1 aliphatic rings. The van der Waals surface area contributed by atoms with Crippen LogP contribution in [0.1, 0.15) is 32.6 Å². The van der Waals surface area contributed by atoms with Crippen molar-refractivity contribution in [1.82, 2.24) is 10.2 Å². The summed E-state index contributed by atoms with van der Waals surface area (Å²) >= 11 is 0. The van der Waals surface area contributed by atoms with E-state index in [1.165, 1.54) is 4.90 Å². The standard InChI is InChI=1S/C12H18N2O3/c1-3-5-8-13-11(17)14-9-6-7-12(14,4-2)10(15)16/h1H,4-9H2,2H3,(H,13,17)(H,15,16). The Hall–Kier alpha value is -1.70. The summed E-state index contributed by atoms with van der Waals surface area (Å²) in [5.41, 5.74) is -1.04. The van der Waals surface area contributed by atoms with Gasteiger partial charge in [-0.05, 0) is 19.3 Å². The average Bonchev–Trinajstić information content (AvgIpc) is 2.74. The first-order valence-electron chi connectivity index (χ1n) is 5.81. The molecule has 0 aromatic rings. The van der Waals surface area contributed by atoms with Crippen LogP contribution >= 0.6 is 0 Å². The normalized spacial score (nSPS) is 23.2. The van der Waals surface area contributed by atoms with Crippen LogP contribution in [-0.4, -0.2) is 40.6 Å². The molecule has 0 saturated carbocycles.